The third-order valence-electron chi connectivity index (χ3n) is 5.33. The van der Waals surface area contributed by atoms with Crippen molar-refractivity contribution in [3.63, 3.8) is 0 Å². The van der Waals surface area contributed by atoms with E-state index in [0.717, 1.165) is 44.0 Å². The first kappa shape index (κ1) is 20.6. The van der Waals surface area contributed by atoms with Crippen molar-refractivity contribution in [1.29, 1.82) is 0 Å². The van der Waals surface area contributed by atoms with Crippen LogP contribution < -0.4 is 5.32 Å². The molecule has 0 spiro atoms. The normalized spacial score (nSPS) is 17.0. The lowest BCUT2D eigenvalue weighted by atomic mass is 10.1. The molecule has 0 saturated carbocycles. The van der Waals surface area contributed by atoms with Crippen LogP contribution in [0, 0.1) is 6.92 Å². The third-order valence-corrected chi connectivity index (χ3v) is 5.74. The number of carbonyl (C=O) groups excluding carboxylic acids is 1. The zero-order chi connectivity index (χ0) is 19.9. The number of nitrogens with zero attached hydrogens (tertiary/aromatic N) is 2. The van der Waals surface area contributed by atoms with Gasteiger partial charge in [0.2, 0.25) is 5.91 Å². The summed E-state index contributed by atoms with van der Waals surface area (Å²) >= 11 is 6.15. The summed E-state index contributed by atoms with van der Waals surface area (Å²) in [6.45, 7) is 8.54. The van der Waals surface area contributed by atoms with Gasteiger partial charge in [0, 0.05) is 43.4 Å². The van der Waals surface area contributed by atoms with Gasteiger partial charge < -0.3 is 5.32 Å². The number of hydrogen-bond donors (Lipinski definition) is 1. The van der Waals surface area contributed by atoms with E-state index < -0.39 is 0 Å². The number of amides is 1. The highest BCUT2D eigenvalue weighted by atomic mass is 35.5. The van der Waals surface area contributed by atoms with Gasteiger partial charge in [0.15, 0.2) is 0 Å². The predicted octanol–water partition coefficient (Wildman–Crippen LogP) is 4.31. The Kier molecular flexibility index (Phi) is 7.26. The lowest BCUT2D eigenvalue weighted by Crippen LogP contribution is -2.52. The lowest BCUT2D eigenvalue weighted by molar-refractivity contribution is -0.121. The predicted molar refractivity (Wildman–Crippen MR) is 118 cm³/mol. The summed E-state index contributed by atoms with van der Waals surface area (Å²) in [5.41, 5.74) is 2.91. The molecule has 0 aromatic heterocycles. The van der Waals surface area contributed by atoms with Crippen molar-refractivity contribution in [1.82, 2.24) is 9.80 Å². The molecule has 2 aromatic carbocycles. The Morgan fingerprint density at radius 1 is 1.11 bits per heavy atom. The van der Waals surface area contributed by atoms with Crippen LogP contribution in [0.2, 0.25) is 5.02 Å². The van der Waals surface area contributed by atoms with Crippen molar-refractivity contribution >= 4 is 29.3 Å². The molecule has 0 bridgehead atoms. The van der Waals surface area contributed by atoms with Gasteiger partial charge >= 0.3 is 0 Å². The van der Waals surface area contributed by atoms with Crippen LogP contribution in [0.25, 0.3) is 6.08 Å². The van der Waals surface area contributed by atoms with E-state index in [-0.39, 0.29) is 11.9 Å². The monoisotopic (exact) mass is 397 g/mol. The Morgan fingerprint density at radius 3 is 2.54 bits per heavy atom. The molecule has 1 unspecified atom stereocenters. The molecule has 1 saturated heterocycles. The van der Waals surface area contributed by atoms with Crippen molar-refractivity contribution in [2.75, 3.05) is 38.0 Å². The molecule has 1 amide bonds. The molecule has 1 aliphatic rings. The number of nitrogens with one attached hydrogen (secondary N) is 1. The summed E-state index contributed by atoms with van der Waals surface area (Å²) in [5, 5.41) is 3.69. The molecule has 0 aliphatic carbocycles. The summed E-state index contributed by atoms with van der Waals surface area (Å²) < 4.78 is 0. The Hall–Kier alpha value is -2.14. The van der Waals surface area contributed by atoms with Crippen LogP contribution in [0.5, 0.6) is 0 Å². The van der Waals surface area contributed by atoms with Crippen LogP contribution in [0.15, 0.2) is 54.6 Å². The molecule has 1 N–H and O–H groups in total. The third kappa shape index (κ3) is 5.44. The van der Waals surface area contributed by atoms with Gasteiger partial charge in [-0.2, -0.15) is 0 Å². The van der Waals surface area contributed by atoms with Gasteiger partial charge in [-0.05, 0) is 37.1 Å². The van der Waals surface area contributed by atoms with Gasteiger partial charge in [-0.15, -0.1) is 0 Å². The second kappa shape index (κ2) is 9.87. The standard InChI is InChI=1S/C23H28ClN3O/c1-18-21(24)11-6-12-22(18)25-23(28)19(2)27-16-14-26(15-17-27)13-7-10-20-8-4-3-5-9-20/h3-12,19H,13-17H2,1-2H3,(H,25,28)/b10-7+. The fraction of sp³-hybridized carbons (Fsp3) is 0.348. The molecule has 1 heterocycles. The minimum Gasteiger partial charge on any atom is -0.324 e. The quantitative estimate of drug-likeness (QED) is 0.789. The van der Waals surface area contributed by atoms with Crippen LogP contribution in [0.1, 0.15) is 18.1 Å². The first-order chi connectivity index (χ1) is 13.5. The fourth-order valence-corrected chi connectivity index (χ4v) is 3.56. The molecule has 1 atom stereocenters. The summed E-state index contributed by atoms with van der Waals surface area (Å²) in [7, 11) is 0. The molecule has 28 heavy (non-hydrogen) atoms. The second-order valence-corrected chi connectivity index (χ2v) is 7.63. The number of halogens is 1. The minimum atomic E-state index is -0.166. The van der Waals surface area contributed by atoms with E-state index in [4.69, 9.17) is 11.6 Å². The number of piperazine rings is 1. The molecular formula is C23H28ClN3O. The second-order valence-electron chi connectivity index (χ2n) is 7.23. The molecule has 148 valence electrons. The van der Waals surface area contributed by atoms with Crippen LogP contribution in [-0.4, -0.2) is 54.5 Å². The maximum atomic E-state index is 12.7. The fourth-order valence-electron chi connectivity index (χ4n) is 3.38. The van der Waals surface area contributed by atoms with Gasteiger partial charge in [0.05, 0.1) is 6.04 Å². The van der Waals surface area contributed by atoms with E-state index in [9.17, 15) is 4.79 Å². The number of rotatable bonds is 6. The van der Waals surface area contributed by atoms with Crippen LogP contribution in [-0.2, 0) is 4.79 Å². The Bertz CT molecular complexity index is 814. The van der Waals surface area contributed by atoms with Crippen LogP contribution in [0.3, 0.4) is 0 Å². The lowest BCUT2D eigenvalue weighted by Gasteiger charge is -2.37. The number of anilines is 1. The first-order valence-corrected chi connectivity index (χ1v) is 10.2. The topological polar surface area (TPSA) is 35.6 Å². The summed E-state index contributed by atoms with van der Waals surface area (Å²) in [6.07, 6.45) is 4.37. The van der Waals surface area contributed by atoms with E-state index in [1.807, 2.05) is 38.1 Å². The highest BCUT2D eigenvalue weighted by Gasteiger charge is 2.25. The summed E-state index contributed by atoms with van der Waals surface area (Å²) in [6, 6.07) is 15.8. The SMILES string of the molecule is Cc1c(Cl)cccc1NC(=O)C(C)N1CCN(C/C=C/c2ccccc2)CC1. The smallest absolute Gasteiger partial charge is 0.241 e. The van der Waals surface area contributed by atoms with Crippen molar-refractivity contribution in [3.8, 4) is 0 Å². The Balaban J connectivity index is 1.46. The van der Waals surface area contributed by atoms with Gasteiger partial charge in [-0.25, -0.2) is 0 Å². The molecule has 3 rings (SSSR count). The van der Waals surface area contributed by atoms with Crippen molar-refractivity contribution in [3.05, 3.63) is 70.8 Å². The number of benzene rings is 2. The summed E-state index contributed by atoms with van der Waals surface area (Å²) in [5.74, 6) is 0.0165. The molecule has 4 nitrogen and oxygen atoms in total. The molecule has 0 radical (unpaired) electrons. The molecule has 1 aliphatic heterocycles. The largest absolute Gasteiger partial charge is 0.324 e. The maximum absolute atomic E-state index is 12.7. The van der Waals surface area contributed by atoms with Gasteiger partial charge in [-0.3, -0.25) is 14.6 Å². The number of carbonyl (C=O) groups is 1. The van der Waals surface area contributed by atoms with Gasteiger partial charge in [0.25, 0.3) is 0 Å². The molecular weight excluding hydrogens is 370 g/mol. The number of hydrogen-bond acceptors (Lipinski definition) is 3. The Labute approximate surface area is 172 Å². The molecule has 1 fully saturated rings. The molecule has 2 aromatic rings. The van der Waals surface area contributed by atoms with E-state index in [0.29, 0.717) is 5.02 Å². The van der Waals surface area contributed by atoms with Gasteiger partial charge in [-0.1, -0.05) is 60.2 Å². The minimum absolute atomic E-state index is 0.0165. The van der Waals surface area contributed by atoms with Crippen molar-refractivity contribution in [2.24, 2.45) is 0 Å². The van der Waals surface area contributed by atoms with E-state index >= 15 is 0 Å². The zero-order valence-electron chi connectivity index (χ0n) is 16.6. The van der Waals surface area contributed by atoms with E-state index in [1.54, 1.807) is 0 Å². The van der Waals surface area contributed by atoms with Crippen LogP contribution in [0.4, 0.5) is 5.69 Å². The van der Waals surface area contributed by atoms with Crippen molar-refractivity contribution < 1.29 is 4.79 Å². The van der Waals surface area contributed by atoms with Gasteiger partial charge in [0.1, 0.15) is 0 Å². The Morgan fingerprint density at radius 2 is 1.82 bits per heavy atom. The van der Waals surface area contributed by atoms with E-state index in [2.05, 4.69) is 51.5 Å². The average Bonchev–Trinajstić information content (AvgIpc) is 2.72. The van der Waals surface area contributed by atoms with E-state index in [1.165, 1.54) is 5.56 Å². The highest BCUT2D eigenvalue weighted by molar-refractivity contribution is 6.31. The maximum Gasteiger partial charge on any atom is 0.241 e. The molecule has 5 heteroatoms. The highest BCUT2D eigenvalue weighted by Crippen LogP contribution is 2.23. The average molecular weight is 398 g/mol. The summed E-state index contributed by atoms with van der Waals surface area (Å²) in [4.78, 5) is 17.3. The van der Waals surface area contributed by atoms with Crippen LogP contribution >= 0.6 is 11.6 Å². The first-order valence-electron chi connectivity index (χ1n) is 9.78. The zero-order valence-corrected chi connectivity index (χ0v) is 17.3. The van der Waals surface area contributed by atoms with Crippen molar-refractivity contribution in [2.45, 2.75) is 19.9 Å².